The van der Waals surface area contributed by atoms with Crippen molar-refractivity contribution in [1.29, 1.82) is 0 Å². The standard InChI is InChI=1S/C20H20ClN5O2/c21-17-5-6-19(25-7-9-28-10-8-25)18(11-17)24-20(27)16-3-1-15(2-4-16)12-26-14-22-13-23-26/h1-6,11,13-14H,7-10,12H2,(H,24,27). The van der Waals surface area contributed by atoms with Gasteiger partial charge in [-0.25, -0.2) is 9.67 Å². The van der Waals surface area contributed by atoms with Gasteiger partial charge in [-0.2, -0.15) is 5.10 Å². The van der Waals surface area contributed by atoms with Gasteiger partial charge in [-0.05, 0) is 35.9 Å². The summed E-state index contributed by atoms with van der Waals surface area (Å²) >= 11 is 6.17. The van der Waals surface area contributed by atoms with Gasteiger partial charge in [0.1, 0.15) is 12.7 Å². The molecule has 1 aromatic heterocycles. The van der Waals surface area contributed by atoms with Gasteiger partial charge in [-0.3, -0.25) is 4.79 Å². The van der Waals surface area contributed by atoms with Gasteiger partial charge in [0.25, 0.3) is 5.91 Å². The molecule has 1 aliphatic rings. The number of carbonyl (C=O) groups is 1. The number of nitrogens with one attached hydrogen (secondary N) is 1. The Balaban J connectivity index is 1.49. The average molecular weight is 398 g/mol. The first kappa shape index (κ1) is 18.5. The summed E-state index contributed by atoms with van der Waals surface area (Å²) in [6, 6.07) is 13.0. The minimum absolute atomic E-state index is 0.177. The Hall–Kier alpha value is -2.90. The highest BCUT2D eigenvalue weighted by molar-refractivity contribution is 6.31. The third kappa shape index (κ3) is 4.32. The van der Waals surface area contributed by atoms with E-state index in [1.54, 1.807) is 29.2 Å². The average Bonchev–Trinajstić information content (AvgIpc) is 3.22. The van der Waals surface area contributed by atoms with E-state index in [-0.39, 0.29) is 5.91 Å². The normalized spacial score (nSPS) is 14.1. The summed E-state index contributed by atoms with van der Waals surface area (Å²) in [5.41, 5.74) is 3.27. The molecule has 1 fully saturated rings. The lowest BCUT2D eigenvalue weighted by Gasteiger charge is -2.30. The van der Waals surface area contributed by atoms with Crippen molar-refractivity contribution in [3.8, 4) is 0 Å². The minimum atomic E-state index is -0.177. The first-order chi connectivity index (χ1) is 13.7. The van der Waals surface area contributed by atoms with Gasteiger partial charge in [0.15, 0.2) is 0 Å². The van der Waals surface area contributed by atoms with E-state index in [4.69, 9.17) is 16.3 Å². The first-order valence-electron chi connectivity index (χ1n) is 9.04. The summed E-state index contributed by atoms with van der Waals surface area (Å²) < 4.78 is 7.15. The van der Waals surface area contributed by atoms with Crippen molar-refractivity contribution >= 4 is 28.9 Å². The van der Waals surface area contributed by atoms with Gasteiger partial charge in [0, 0.05) is 23.7 Å². The van der Waals surface area contributed by atoms with Crippen molar-refractivity contribution in [2.24, 2.45) is 0 Å². The zero-order chi connectivity index (χ0) is 19.3. The predicted molar refractivity (Wildman–Crippen MR) is 108 cm³/mol. The molecule has 0 spiro atoms. The number of carbonyl (C=O) groups excluding carboxylic acids is 1. The molecule has 28 heavy (non-hydrogen) atoms. The Morgan fingerprint density at radius 3 is 2.64 bits per heavy atom. The summed E-state index contributed by atoms with van der Waals surface area (Å²) in [6.45, 7) is 3.51. The van der Waals surface area contributed by atoms with E-state index in [0.717, 1.165) is 24.3 Å². The van der Waals surface area contributed by atoms with Crippen LogP contribution >= 0.6 is 11.6 Å². The Labute approximate surface area is 167 Å². The van der Waals surface area contributed by atoms with Crippen LogP contribution < -0.4 is 10.2 Å². The molecule has 4 rings (SSSR count). The summed E-state index contributed by atoms with van der Waals surface area (Å²) in [4.78, 5) is 18.9. The molecule has 0 bridgehead atoms. The number of aromatic nitrogens is 3. The highest BCUT2D eigenvalue weighted by Gasteiger charge is 2.17. The smallest absolute Gasteiger partial charge is 0.255 e. The second-order valence-electron chi connectivity index (χ2n) is 6.51. The number of nitrogens with zero attached hydrogens (tertiary/aromatic N) is 4. The van der Waals surface area contributed by atoms with Crippen LogP contribution in [0.5, 0.6) is 0 Å². The van der Waals surface area contributed by atoms with Crippen LogP contribution in [0.1, 0.15) is 15.9 Å². The van der Waals surface area contributed by atoms with Gasteiger partial charge in [0.2, 0.25) is 0 Å². The Morgan fingerprint density at radius 2 is 1.93 bits per heavy atom. The number of halogens is 1. The van der Waals surface area contributed by atoms with E-state index in [9.17, 15) is 4.79 Å². The summed E-state index contributed by atoms with van der Waals surface area (Å²) in [6.07, 6.45) is 3.16. The molecular formula is C20H20ClN5O2. The van der Waals surface area contributed by atoms with E-state index in [2.05, 4.69) is 20.3 Å². The number of rotatable bonds is 5. The maximum Gasteiger partial charge on any atom is 0.255 e. The fourth-order valence-electron chi connectivity index (χ4n) is 3.15. The van der Waals surface area contributed by atoms with E-state index in [1.165, 1.54) is 6.33 Å². The number of hydrogen-bond acceptors (Lipinski definition) is 5. The number of ether oxygens (including phenoxy) is 1. The first-order valence-corrected chi connectivity index (χ1v) is 9.42. The van der Waals surface area contributed by atoms with Crippen molar-refractivity contribution in [2.75, 3.05) is 36.5 Å². The third-order valence-corrected chi connectivity index (χ3v) is 4.82. The van der Waals surface area contributed by atoms with Crippen molar-refractivity contribution < 1.29 is 9.53 Å². The molecule has 0 saturated carbocycles. The summed E-state index contributed by atoms with van der Waals surface area (Å²) in [7, 11) is 0. The van der Waals surface area contributed by atoms with Crippen LogP contribution in [0.3, 0.4) is 0 Å². The molecular weight excluding hydrogens is 378 g/mol. The minimum Gasteiger partial charge on any atom is -0.378 e. The molecule has 1 saturated heterocycles. The highest BCUT2D eigenvalue weighted by atomic mass is 35.5. The summed E-state index contributed by atoms with van der Waals surface area (Å²) in [5.74, 6) is -0.177. The second kappa shape index (κ2) is 8.41. The summed E-state index contributed by atoms with van der Waals surface area (Å²) in [5, 5.41) is 7.66. The Bertz CT molecular complexity index is 938. The lowest BCUT2D eigenvalue weighted by atomic mass is 10.1. The molecule has 144 valence electrons. The van der Waals surface area contributed by atoms with Crippen LogP contribution in [-0.2, 0) is 11.3 Å². The van der Waals surface area contributed by atoms with Gasteiger partial charge >= 0.3 is 0 Å². The number of benzene rings is 2. The van der Waals surface area contributed by atoms with E-state index >= 15 is 0 Å². The van der Waals surface area contributed by atoms with Crippen LogP contribution in [0.15, 0.2) is 55.1 Å². The monoisotopic (exact) mass is 397 g/mol. The van der Waals surface area contributed by atoms with E-state index < -0.39 is 0 Å². The molecule has 1 amide bonds. The second-order valence-corrected chi connectivity index (χ2v) is 6.94. The van der Waals surface area contributed by atoms with Crippen LogP contribution in [0.4, 0.5) is 11.4 Å². The fourth-order valence-corrected chi connectivity index (χ4v) is 3.32. The largest absolute Gasteiger partial charge is 0.378 e. The van der Waals surface area contributed by atoms with Crippen molar-refractivity contribution in [2.45, 2.75) is 6.54 Å². The quantitative estimate of drug-likeness (QED) is 0.716. The SMILES string of the molecule is O=C(Nc1cc(Cl)ccc1N1CCOCC1)c1ccc(Cn2cncn2)cc1. The molecule has 2 heterocycles. The van der Waals surface area contributed by atoms with Gasteiger partial charge in [-0.1, -0.05) is 23.7 Å². The maximum absolute atomic E-state index is 12.8. The van der Waals surface area contributed by atoms with Crippen molar-refractivity contribution in [3.63, 3.8) is 0 Å². The van der Waals surface area contributed by atoms with E-state index in [1.807, 2.05) is 24.3 Å². The number of morpholine rings is 1. The molecule has 7 nitrogen and oxygen atoms in total. The Morgan fingerprint density at radius 1 is 1.14 bits per heavy atom. The lowest BCUT2D eigenvalue weighted by molar-refractivity contribution is 0.102. The molecule has 0 atom stereocenters. The van der Waals surface area contributed by atoms with Gasteiger partial charge in [0.05, 0.1) is 31.1 Å². The molecule has 0 unspecified atom stereocenters. The maximum atomic E-state index is 12.8. The van der Waals surface area contributed by atoms with Crippen LogP contribution in [0, 0.1) is 0 Å². The van der Waals surface area contributed by atoms with Gasteiger partial charge in [-0.15, -0.1) is 0 Å². The Kier molecular flexibility index (Phi) is 5.55. The molecule has 8 heteroatoms. The molecule has 0 aliphatic carbocycles. The third-order valence-electron chi connectivity index (χ3n) is 4.59. The zero-order valence-electron chi connectivity index (χ0n) is 15.2. The topological polar surface area (TPSA) is 72.3 Å². The van der Waals surface area contributed by atoms with Crippen LogP contribution in [-0.4, -0.2) is 47.0 Å². The molecule has 1 aliphatic heterocycles. The highest BCUT2D eigenvalue weighted by Crippen LogP contribution is 2.30. The molecule has 1 N–H and O–H groups in total. The van der Waals surface area contributed by atoms with Gasteiger partial charge < -0.3 is 15.0 Å². The fraction of sp³-hybridized carbons (Fsp3) is 0.250. The van der Waals surface area contributed by atoms with E-state index in [0.29, 0.717) is 36.0 Å². The molecule has 3 aromatic rings. The van der Waals surface area contributed by atoms with Crippen LogP contribution in [0.2, 0.25) is 5.02 Å². The van der Waals surface area contributed by atoms with Crippen molar-refractivity contribution in [1.82, 2.24) is 14.8 Å². The lowest BCUT2D eigenvalue weighted by Crippen LogP contribution is -2.36. The number of hydrogen-bond donors (Lipinski definition) is 1. The predicted octanol–water partition coefficient (Wildman–Crippen LogP) is 3.07. The van der Waals surface area contributed by atoms with Crippen LogP contribution in [0.25, 0.3) is 0 Å². The zero-order valence-corrected chi connectivity index (χ0v) is 16.0. The molecule has 2 aromatic carbocycles. The molecule has 0 radical (unpaired) electrons. The number of amides is 1. The van der Waals surface area contributed by atoms with Crippen molar-refractivity contribution in [3.05, 3.63) is 71.3 Å². The number of anilines is 2.